The summed E-state index contributed by atoms with van der Waals surface area (Å²) in [5, 5.41) is 0. The van der Waals surface area contributed by atoms with Gasteiger partial charge >= 0.3 is 0 Å². The van der Waals surface area contributed by atoms with Crippen molar-refractivity contribution in [1.29, 1.82) is 0 Å². The minimum absolute atomic E-state index is 0.192. The molecule has 150 valence electrons. The molecule has 0 aliphatic carbocycles. The summed E-state index contributed by atoms with van der Waals surface area (Å²) in [4.78, 5) is 13.7. The van der Waals surface area contributed by atoms with E-state index in [0.717, 1.165) is 17.7 Å². The van der Waals surface area contributed by atoms with Crippen molar-refractivity contribution >= 4 is 21.6 Å². The first-order valence-corrected chi connectivity index (χ1v) is 10.1. The minimum atomic E-state index is -4.09. The number of sulfonamides is 1. The van der Waals surface area contributed by atoms with Gasteiger partial charge in [0.15, 0.2) is 11.6 Å². The Balaban J connectivity index is 1.70. The lowest BCUT2D eigenvalue weighted by Crippen LogP contribution is -2.26. The SMILES string of the molecule is CN(Cc1ccccc1)C(=O)c1ccc(NS(=O)(=O)c2ccc(F)c(F)c2)cc1. The molecule has 0 unspecified atom stereocenters. The molecule has 1 N–H and O–H groups in total. The summed E-state index contributed by atoms with van der Waals surface area (Å²) >= 11 is 0. The number of hydrogen-bond donors (Lipinski definition) is 1. The summed E-state index contributed by atoms with van der Waals surface area (Å²) in [6, 6.07) is 17.7. The summed E-state index contributed by atoms with van der Waals surface area (Å²) in [6.07, 6.45) is 0. The highest BCUT2D eigenvalue weighted by Crippen LogP contribution is 2.19. The van der Waals surface area contributed by atoms with Crippen LogP contribution in [0.2, 0.25) is 0 Å². The number of nitrogens with zero attached hydrogens (tertiary/aromatic N) is 1. The van der Waals surface area contributed by atoms with Crippen LogP contribution in [0.3, 0.4) is 0 Å². The first-order valence-electron chi connectivity index (χ1n) is 8.63. The van der Waals surface area contributed by atoms with Gasteiger partial charge in [-0.1, -0.05) is 30.3 Å². The van der Waals surface area contributed by atoms with Gasteiger partial charge in [0.2, 0.25) is 0 Å². The van der Waals surface area contributed by atoms with Crippen molar-refractivity contribution in [2.45, 2.75) is 11.4 Å². The standard InChI is InChI=1S/C21H18F2N2O3S/c1-25(14-15-5-3-2-4-6-15)21(26)16-7-9-17(10-8-16)24-29(27,28)18-11-12-19(22)20(23)13-18/h2-13,24H,14H2,1H3. The summed E-state index contributed by atoms with van der Waals surface area (Å²) in [7, 11) is -2.42. The Labute approximate surface area is 167 Å². The van der Waals surface area contributed by atoms with Gasteiger partial charge in [0.1, 0.15) is 0 Å². The first kappa shape index (κ1) is 20.5. The fraction of sp³-hybridized carbons (Fsp3) is 0.0952. The second-order valence-corrected chi connectivity index (χ2v) is 8.09. The second kappa shape index (κ2) is 8.40. The average Bonchev–Trinajstić information content (AvgIpc) is 2.70. The zero-order chi connectivity index (χ0) is 21.0. The number of amides is 1. The minimum Gasteiger partial charge on any atom is -0.337 e. The van der Waals surface area contributed by atoms with Gasteiger partial charge < -0.3 is 4.90 Å². The summed E-state index contributed by atoms with van der Waals surface area (Å²) in [5.74, 6) is -2.61. The third kappa shape index (κ3) is 4.97. The largest absolute Gasteiger partial charge is 0.337 e. The van der Waals surface area contributed by atoms with Crippen LogP contribution in [0.5, 0.6) is 0 Å². The molecule has 3 rings (SSSR count). The van der Waals surface area contributed by atoms with Gasteiger partial charge in [0, 0.05) is 24.8 Å². The van der Waals surface area contributed by atoms with E-state index < -0.39 is 26.6 Å². The van der Waals surface area contributed by atoms with Gasteiger partial charge in [0.25, 0.3) is 15.9 Å². The van der Waals surface area contributed by atoms with Crippen LogP contribution in [0, 0.1) is 11.6 Å². The quantitative estimate of drug-likeness (QED) is 0.660. The maximum atomic E-state index is 13.3. The zero-order valence-electron chi connectivity index (χ0n) is 15.5. The van der Waals surface area contributed by atoms with Crippen molar-refractivity contribution in [3.63, 3.8) is 0 Å². The highest BCUT2D eigenvalue weighted by Gasteiger charge is 2.17. The number of carbonyl (C=O) groups excluding carboxylic acids is 1. The molecule has 3 aromatic rings. The monoisotopic (exact) mass is 416 g/mol. The van der Waals surface area contributed by atoms with Crippen LogP contribution in [-0.4, -0.2) is 26.3 Å². The van der Waals surface area contributed by atoms with Gasteiger partial charge in [-0.25, -0.2) is 17.2 Å². The Morgan fingerprint density at radius 2 is 1.59 bits per heavy atom. The molecule has 3 aromatic carbocycles. The summed E-state index contributed by atoms with van der Waals surface area (Å²) in [6.45, 7) is 0.435. The van der Waals surface area contributed by atoms with E-state index in [1.807, 2.05) is 30.3 Å². The van der Waals surface area contributed by atoms with E-state index in [4.69, 9.17) is 0 Å². The van der Waals surface area contributed by atoms with E-state index in [-0.39, 0.29) is 11.6 Å². The lowest BCUT2D eigenvalue weighted by atomic mass is 10.1. The molecular formula is C21H18F2N2O3S. The number of benzene rings is 3. The molecule has 0 saturated heterocycles. The lowest BCUT2D eigenvalue weighted by Gasteiger charge is -2.17. The first-order chi connectivity index (χ1) is 13.8. The van der Waals surface area contributed by atoms with Crippen molar-refractivity contribution in [2.24, 2.45) is 0 Å². The number of carbonyl (C=O) groups is 1. The Morgan fingerprint density at radius 3 is 2.21 bits per heavy atom. The molecule has 0 aromatic heterocycles. The van der Waals surface area contributed by atoms with Crippen LogP contribution < -0.4 is 4.72 Å². The van der Waals surface area contributed by atoms with Crippen molar-refractivity contribution in [2.75, 3.05) is 11.8 Å². The second-order valence-electron chi connectivity index (χ2n) is 6.41. The highest BCUT2D eigenvalue weighted by molar-refractivity contribution is 7.92. The maximum Gasteiger partial charge on any atom is 0.261 e. The Kier molecular flexibility index (Phi) is 5.93. The normalized spacial score (nSPS) is 11.1. The van der Waals surface area contributed by atoms with Crippen LogP contribution in [0.1, 0.15) is 15.9 Å². The lowest BCUT2D eigenvalue weighted by molar-refractivity contribution is 0.0785. The van der Waals surface area contributed by atoms with E-state index in [2.05, 4.69) is 4.72 Å². The molecule has 29 heavy (non-hydrogen) atoms. The van der Waals surface area contributed by atoms with Crippen molar-refractivity contribution in [3.8, 4) is 0 Å². The number of halogens is 2. The third-order valence-electron chi connectivity index (χ3n) is 4.19. The molecule has 5 nitrogen and oxygen atoms in total. The molecule has 0 bridgehead atoms. The topological polar surface area (TPSA) is 66.5 Å². The Hall–Kier alpha value is -3.26. The molecule has 0 aliphatic rings. The zero-order valence-corrected chi connectivity index (χ0v) is 16.3. The van der Waals surface area contributed by atoms with Gasteiger partial charge in [-0.3, -0.25) is 9.52 Å². The van der Waals surface area contributed by atoms with Crippen LogP contribution in [0.4, 0.5) is 14.5 Å². The molecule has 1 amide bonds. The van der Waals surface area contributed by atoms with Gasteiger partial charge in [-0.15, -0.1) is 0 Å². The van der Waals surface area contributed by atoms with Crippen molar-refractivity contribution < 1.29 is 22.0 Å². The van der Waals surface area contributed by atoms with E-state index in [1.165, 1.54) is 24.3 Å². The van der Waals surface area contributed by atoms with E-state index >= 15 is 0 Å². The van der Waals surface area contributed by atoms with Crippen LogP contribution in [-0.2, 0) is 16.6 Å². The van der Waals surface area contributed by atoms with Crippen molar-refractivity contribution in [1.82, 2.24) is 4.90 Å². The van der Waals surface area contributed by atoms with E-state index in [9.17, 15) is 22.0 Å². The molecule has 0 heterocycles. The smallest absolute Gasteiger partial charge is 0.261 e. The number of rotatable bonds is 6. The molecule has 0 atom stereocenters. The molecular weight excluding hydrogens is 398 g/mol. The molecule has 0 saturated carbocycles. The number of anilines is 1. The molecule has 8 heteroatoms. The predicted molar refractivity (Wildman–Crippen MR) is 106 cm³/mol. The molecule has 0 aliphatic heterocycles. The Bertz CT molecular complexity index is 1120. The number of hydrogen-bond acceptors (Lipinski definition) is 3. The highest BCUT2D eigenvalue weighted by atomic mass is 32.2. The van der Waals surface area contributed by atoms with Gasteiger partial charge in [-0.2, -0.15) is 0 Å². The fourth-order valence-electron chi connectivity index (χ4n) is 2.69. The van der Waals surface area contributed by atoms with Crippen LogP contribution in [0.15, 0.2) is 77.7 Å². The van der Waals surface area contributed by atoms with Gasteiger partial charge in [-0.05, 0) is 48.0 Å². The summed E-state index contributed by atoms with van der Waals surface area (Å²) in [5.41, 5.74) is 1.57. The summed E-state index contributed by atoms with van der Waals surface area (Å²) < 4.78 is 53.2. The molecule has 0 spiro atoms. The van der Waals surface area contributed by atoms with Crippen LogP contribution >= 0.6 is 0 Å². The molecule has 0 fully saturated rings. The Morgan fingerprint density at radius 1 is 0.931 bits per heavy atom. The maximum absolute atomic E-state index is 13.3. The third-order valence-corrected chi connectivity index (χ3v) is 5.57. The van der Waals surface area contributed by atoms with Gasteiger partial charge in [0.05, 0.1) is 4.90 Å². The fourth-order valence-corrected chi connectivity index (χ4v) is 3.76. The predicted octanol–water partition coefficient (Wildman–Crippen LogP) is 4.04. The van der Waals surface area contributed by atoms with Crippen LogP contribution in [0.25, 0.3) is 0 Å². The average molecular weight is 416 g/mol. The molecule has 0 radical (unpaired) electrons. The number of nitrogens with one attached hydrogen (secondary N) is 1. The van der Waals surface area contributed by atoms with Crippen molar-refractivity contribution in [3.05, 3.63) is 95.6 Å². The van der Waals surface area contributed by atoms with E-state index in [0.29, 0.717) is 18.2 Å². The van der Waals surface area contributed by atoms with E-state index in [1.54, 1.807) is 11.9 Å².